The molecule has 2 heterocycles. The summed E-state index contributed by atoms with van der Waals surface area (Å²) in [4.78, 5) is 29.7. The maximum absolute atomic E-state index is 13.6. The molecule has 0 saturated carbocycles. The number of benzene rings is 2. The topological polar surface area (TPSA) is 83.5 Å². The Labute approximate surface area is 204 Å². The zero-order valence-corrected chi connectivity index (χ0v) is 21.2. The maximum atomic E-state index is 13.6. The molecule has 0 radical (unpaired) electrons. The van der Waals surface area contributed by atoms with Crippen molar-refractivity contribution in [3.63, 3.8) is 0 Å². The van der Waals surface area contributed by atoms with E-state index in [9.17, 15) is 18.0 Å². The number of thiophene rings is 1. The second-order valence-corrected chi connectivity index (χ2v) is 11.7. The van der Waals surface area contributed by atoms with Gasteiger partial charge in [-0.25, -0.2) is 8.42 Å². The number of rotatable bonds is 5. The summed E-state index contributed by atoms with van der Waals surface area (Å²) in [6.07, 6.45) is 4.17. The minimum Gasteiger partial charge on any atom is -0.339 e. The van der Waals surface area contributed by atoms with Crippen LogP contribution < -0.4 is 5.32 Å². The van der Waals surface area contributed by atoms with Crippen molar-refractivity contribution < 1.29 is 18.0 Å². The third-order valence-corrected chi connectivity index (χ3v) is 8.52. The number of nitrogens with zero attached hydrogens (tertiary/aromatic N) is 1. The van der Waals surface area contributed by atoms with Gasteiger partial charge in [0.15, 0.2) is 9.84 Å². The fourth-order valence-electron chi connectivity index (χ4n) is 4.23. The van der Waals surface area contributed by atoms with Crippen molar-refractivity contribution in [1.29, 1.82) is 0 Å². The molecule has 6 nitrogen and oxygen atoms in total. The minimum atomic E-state index is -3.46. The van der Waals surface area contributed by atoms with E-state index in [1.54, 1.807) is 13.0 Å². The average Bonchev–Trinajstić information content (AvgIpc) is 3.14. The number of hydrogen-bond donors (Lipinski definition) is 1. The molecule has 2 amide bonds. The SMILES string of the molecule is Cc1ccc(S(C)(=O)=O)cc1C(=O)Nc1sc(-c2ccccc2)c(C)c1C(=O)N1CCCCC1. The largest absolute Gasteiger partial charge is 0.339 e. The zero-order chi connectivity index (χ0) is 24.5. The van der Waals surface area contributed by atoms with Crippen molar-refractivity contribution in [1.82, 2.24) is 4.90 Å². The highest BCUT2D eigenvalue weighted by atomic mass is 32.2. The lowest BCUT2D eigenvalue weighted by Crippen LogP contribution is -2.36. The monoisotopic (exact) mass is 496 g/mol. The summed E-state index contributed by atoms with van der Waals surface area (Å²) in [5.41, 5.74) is 3.25. The first-order valence-electron chi connectivity index (χ1n) is 11.3. The smallest absolute Gasteiger partial charge is 0.257 e. The molecule has 1 aromatic heterocycles. The van der Waals surface area contributed by atoms with Crippen LogP contribution in [0.15, 0.2) is 53.4 Å². The Bertz CT molecular complexity index is 1340. The highest BCUT2D eigenvalue weighted by Crippen LogP contribution is 2.41. The lowest BCUT2D eigenvalue weighted by atomic mass is 10.0. The first-order valence-corrected chi connectivity index (χ1v) is 14.0. The summed E-state index contributed by atoms with van der Waals surface area (Å²) >= 11 is 1.37. The molecule has 0 bridgehead atoms. The zero-order valence-electron chi connectivity index (χ0n) is 19.6. The third kappa shape index (κ3) is 4.93. The molecule has 0 atom stereocenters. The second kappa shape index (κ2) is 9.72. The van der Waals surface area contributed by atoms with Gasteiger partial charge in [-0.3, -0.25) is 9.59 Å². The molecule has 1 saturated heterocycles. The second-order valence-electron chi connectivity index (χ2n) is 8.68. The molecule has 0 unspecified atom stereocenters. The number of hydrogen-bond acceptors (Lipinski definition) is 5. The van der Waals surface area contributed by atoms with E-state index < -0.39 is 15.7 Å². The molecule has 1 aliphatic rings. The van der Waals surface area contributed by atoms with Crippen LogP contribution in [-0.2, 0) is 9.84 Å². The van der Waals surface area contributed by atoms with Crippen molar-refractivity contribution in [2.75, 3.05) is 24.7 Å². The Hall–Kier alpha value is -2.97. The summed E-state index contributed by atoms with van der Waals surface area (Å²) in [6, 6.07) is 14.3. The van der Waals surface area contributed by atoms with E-state index in [1.165, 1.54) is 23.5 Å². The van der Waals surface area contributed by atoms with Gasteiger partial charge in [0.25, 0.3) is 11.8 Å². The number of amides is 2. The van der Waals surface area contributed by atoms with Crippen LogP contribution in [0.2, 0.25) is 0 Å². The Balaban J connectivity index is 1.76. The molecule has 34 heavy (non-hydrogen) atoms. The summed E-state index contributed by atoms with van der Waals surface area (Å²) < 4.78 is 24.0. The molecular formula is C26H28N2O4S2. The van der Waals surface area contributed by atoms with Gasteiger partial charge in [0.1, 0.15) is 5.00 Å². The third-order valence-electron chi connectivity index (χ3n) is 6.15. The molecule has 178 valence electrons. The Morgan fingerprint density at radius 1 is 0.971 bits per heavy atom. The van der Waals surface area contributed by atoms with Gasteiger partial charge >= 0.3 is 0 Å². The summed E-state index contributed by atoms with van der Waals surface area (Å²) in [5.74, 6) is -0.510. The molecule has 2 aromatic carbocycles. The molecule has 0 spiro atoms. The van der Waals surface area contributed by atoms with Crippen LogP contribution in [0.4, 0.5) is 5.00 Å². The fraction of sp³-hybridized carbons (Fsp3) is 0.308. The van der Waals surface area contributed by atoms with E-state index in [2.05, 4.69) is 5.32 Å². The van der Waals surface area contributed by atoms with Crippen LogP contribution in [0.1, 0.15) is 51.1 Å². The normalized spacial score (nSPS) is 14.1. The van der Waals surface area contributed by atoms with Crippen LogP contribution in [0.25, 0.3) is 10.4 Å². The van der Waals surface area contributed by atoms with Crippen molar-refractivity contribution in [2.24, 2.45) is 0 Å². The van der Waals surface area contributed by atoms with Gasteiger partial charge in [-0.05, 0) is 61.9 Å². The number of carbonyl (C=O) groups is 2. The standard InChI is InChI=1S/C26H28N2O4S2/c1-17-12-13-20(34(3,31)32)16-21(17)24(29)27-25-22(26(30)28-14-8-5-9-15-28)18(2)23(33-25)19-10-6-4-7-11-19/h4,6-7,10-13,16H,5,8-9,14-15H2,1-3H3,(H,27,29). The first-order chi connectivity index (χ1) is 16.2. The van der Waals surface area contributed by atoms with Crippen molar-refractivity contribution in [3.8, 4) is 10.4 Å². The molecule has 1 N–H and O–H groups in total. The van der Waals surface area contributed by atoms with Crippen LogP contribution in [0.5, 0.6) is 0 Å². The van der Waals surface area contributed by atoms with E-state index in [1.807, 2.05) is 42.2 Å². The quantitative estimate of drug-likeness (QED) is 0.519. The van der Waals surface area contributed by atoms with E-state index >= 15 is 0 Å². The van der Waals surface area contributed by atoms with E-state index in [4.69, 9.17) is 0 Å². The van der Waals surface area contributed by atoms with Gasteiger partial charge in [0.05, 0.1) is 10.5 Å². The predicted octanol–water partition coefficient (Wildman–Crippen LogP) is 5.31. The predicted molar refractivity (Wildman–Crippen MR) is 136 cm³/mol. The van der Waals surface area contributed by atoms with E-state index in [-0.39, 0.29) is 16.4 Å². The molecule has 4 rings (SSSR count). The van der Waals surface area contributed by atoms with Gasteiger partial charge in [-0.15, -0.1) is 11.3 Å². The van der Waals surface area contributed by atoms with E-state index in [0.29, 0.717) is 29.2 Å². The summed E-state index contributed by atoms with van der Waals surface area (Å²) in [5, 5.41) is 3.42. The number of sulfone groups is 1. The molecule has 1 fully saturated rings. The van der Waals surface area contributed by atoms with Gasteiger partial charge in [-0.2, -0.15) is 0 Å². The first kappa shape index (κ1) is 24.2. The highest BCUT2D eigenvalue weighted by molar-refractivity contribution is 7.90. The fourth-order valence-corrected chi connectivity index (χ4v) is 6.07. The van der Waals surface area contributed by atoms with Gasteiger partial charge in [-0.1, -0.05) is 36.4 Å². The van der Waals surface area contributed by atoms with Gasteiger partial charge < -0.3 is 10.2 Å². The van der Waals surface area contributed by atoms with Crippen molar-refractivity contribution >= 4 is 38.0 Å². The van der Waals surface area contributed by atoms with Crippen LogP contribution in [-0.4, -0.2) is 44.5 Å². The number of likely N-dealkylation sites (tertiary alicyclic amines) is 1. The van der Waals surface area contributed by atoms with Gasteiger partial charge in [0, 0.05) is 29.8 Å². The maximum Gasteiger partial charge on any atom is 0.257 e. The molecular weight excluding hydrogens is 468 g/mol. The van der Waals surface area contributed by atoms with Crippen molar-refractivity contribution in [2.45, 2.75) is 38.0 Å². The number of piperidine rings is 1. The Kier molecular flexibility index (Phi) is 6.91. The lowest BCUT2D eigenvalue weighted by molar-refractivity contribution is 0.0725. The highest BCUT2D eigenvalue weighted by Gasteiger charge is 2.28. The summed E-state index contributed by atoms with van der Waals surface area (Å²) in [7, 11) is -3.46. The molecule has 3 aromatic rings. The van der Waals surface area contributed by atoms with Crippen LogP contribution in [0, 0.1) is 13.8 Å². The van der Waals surface area contributed by atoms with Crippen molar-refractivity contribution in [3.05, 3.63) is 70.8 Å². The number of aryl methyl sites for hydroxylation is 1. The number of anilines is 1. The van der Waals surface area contributed by atoms with Crippen LogP contribution >= 0.6 is 11.3 Å². The molecule has 8 heteroatoms. The molecule has 1 aliphatic heterocycles. The Morgan fingerprint density at radius 3 is 2.29 bits per heavy atom. The number of carbonyl (C=O) groups excluding carboxylic acids is 2. The minimum absolute atomic E-state index is 0.0764. The summed E-state index contributed by atoms with van der Waals surface area (Å²) in [6.45, 7) is 5.09. The van der Waals surface area contributed by atoms with Gasteiger partial charge in [0.2, 0.25) is 0 Å². The van der Waals surface area contributed by atoms with Crippen LogP contribution in [0.3, 0.4) is 0 Å². The lowest BCUT2D eigenvalue weighted by Gasteiger charge is -2.27. The van der Waals surface area contributed by atoms with E-state index in [0.717, 1.165) is 41.5 Å². The Morgan fingerprint density at radius 2 is 1.65 bits per heavy atom. The molecule has 0 aliphatic carbocycles. The number of nitrogens with one attached hydrogen (secondary N) is 1. The average molecular weight is 497 g/mol.